The van der Waals surface area contributed by atoms with Crippen LogP contribution in [0.2, 0.25) is 5.02 Å². The molecule has 2 atom stereocenters. The molecule has 9 rings (SSSR count). The van der Waals surface area contributed by atoms with Crippen LogP contribution in [0.1, 0.15) is 101 Å². The molecule has 4 heterocycles. The fraction of sp³-hybridized carbons (Fsp3) is 0.556. The molecule has 0 unspecified atom stereocenters. The first-order chi connectivity index (χ1) is 40.4. The third-order valence-corrected chi connectivity index (χ3v) is 21.6. The summed E-state index contributed by atoms with van der Waals surface area (Å²) in [5, 5.41) is 3.73. The lowest BCUT2D eigenvalue weighted by Gasteiger charge is -2.45. The summed E-state index contributed by atoms with van der Waals surface area (Å²) in [5.41, 5.74) is -1.65. The number of thioether (sulfide) groups is 1. The maximum absolute atomic E-state index is 14.4. The molecular formula is C63H83ClF3N7O8S3. The Kier molecular flexibility index (Phi) is 21.3. The molecule has 4 aliphatic heterocycles. The average Bonchev–Trinajstić information content (AvgIpc) is 2.28. The molecule has 0 saturated carbocycles. The predicted octanol–water partition coefficient (Wildman–Crippen LogP) is 11.6. The number of ether oxygens (including phenoxy) is 2. The average molecular weight is 1260 g/mol. The van der Waals surface area contributed by atoms with Crippen molar-refractivity contribution in [3.8, 4) is 0 Å². The van der Waals surface area contributed by atoms with Crippen molar-refractivity contribution in [2.75, 3.05) is 114 Å². The van der Waals surface area contributed by atoms with Crippen molar-refractivity contribution in [3.05, 3.63) is 119 Å². The minimum absolute atomic E-state index is 0.00841. The number of hydrogen-bond donors (Lipinski definition) is 2. The zero-order valence-corrected chi connectivity index (χ0v) is 52.6. The topological polar surface area (TPSA) is 161 Å². The third kappa shape index (κ3) is 17.5. The zero-order valence-electron chi connectivity index (χ0n) is 49.4. The first-order valence-electron chi connectivity index (χ1n) is 29.9. The number of sulfonamides is 1. The van der Waals surface area contributed by atoms with Crippen molar-refractivity contribution >= 4 is 72.2 Å². The zero-order chi connectivity index (χ0) is 60.6. The number of piperidine rings is 2. The van der Waals surface area contributed by atoms with Crippen molar-refractivity contribution in [3.63, 3.8) is 0 Å². The molecule has 0 radical (unpaired) electrons. The van der Waals surface area contributed by atoms with Crippen LogP contribution in [0, 0.1) is 17.3 Å². The van der Waals surface area contributed by atoms with Gasteiger partial charge in [0.15, 0.2) is 0 Å². The van der Waals surface area contributed by atoms with E-state index in [-0.39, 0.29) is 17.1 Å². The standard InChI is InChI=1S/C63H83ClF3N7O8S3/c1-61(2,3)82-60(76)74-32-24-47(25-33-74)46-22-29-72(30-23-46)45-62(4)27-21-56(48-11-15-51(64)16-12-48)50(42-62)43-71-34-36-73(37-35-71)53-17-13-49(14-18-53)59(75)69-85(79,80)55-19-20-57(58(41-55)84(77,78)63(65,66)67)68-52(44-83-54-9-6-5-7-10-54)26-31-70-28-8-39-81-40-38-70/h5-7,9-20,41,46-47,52,68H,8,21-40,42-45H2,1-4H3,(H,69,75)/t52-,62-/m1/s1. The minimum Gasteiger partial charge on any atom is -0.444 e. The number of carbonyl (C=O) groups excluding carboxylic acids is 2. The van der Waals surface area contributed by atoms with E-state index in [0.717, 1.165) is 120 Å². The van der Waals surface area contributed by atoms with Crippen LogP contribution >= 0.6 is 23.4 Å². The van der Waals surface area contributed by atoms with E-state index in [2.05, 4.69) is 44.0 Å². The summed E-state index contributed by atoms with van der Waals surface area (Å²) in [6, 6.07) is 26.0. The van der Waals surface area contributed by atoms with Crippen LogP contribution in [-0.2, 0) is 29.3 Å². The Labute approximate surface area is 510 Å². The lowest BCUT2D eigenvalue weighted by atomic mass is 9.70. The van der Waals surface area contributed by atoms with E-state index in [1.807, 2.05) is 72.9 Å². The lowest BCUT2D eigenvalue weighted by molar-refractivity contribution is -0.0436. The number of carbonyl (C=O) groups is 2. The van der Waals surface area contributed by atoms with Crippen molar-refractivity contribution in [2.24, 2.45) is 17.3 Å². The van der Waals surface area contributed by atoms with Crippen LogP contribution in [-0.4, -0.2) is 170 Å². The number of benzene rings is 4. The minimum atomic E-state index is -6.08. The van der Waals surface area contributed by atoms with Crippen molar-refractivity contribution in [2.45, 2.75) is 117 Å². The fourth-order valence-corrected chi connectivity index (χ4v) is 15.9. The molecule has 4 aromatic carbocycles. The maximum Gasteiger partial charge on any atom is 0.501 e. The molecule has 4 aromatic rings. The van der Waals surface area contributed by atoms with Gasteiger partial charge in [-0.2, -0.15) is 13.2 Å². The summed E-state index contributed by atoms with van der Waals surface area (Å²) in [4.78, 5) is 36.6. The first-order valence-corrected chi connectivity index (χ1v) is 34.2. The molecular weight excluding hydrogens is 1170 g/mol. The van der Waals surface area contributed by atoms with E-state index in [1.165, 1.54) is 53.4 Å². The second-order valence-corrected chi connectivity index (χ2v) is 30.0. The van der Waals surface area contributed by atoms with Gasteiger partial charge in [0, 0.05) is 112 Å². The van der Waals surface area contributed by atoms with E-state index < -0.39 is 58.4 Å². The maximum atomic E-state index is 14.4. The fourth-order valence-electron chi connectivity index (χ4n) is 12.7. The monoisotopic (exact) mass is 1250 g/mol. The number of alkyl halides is 3. The van der Waals surface area contributed by atoms with Crippen molar-refractivity contribution in [1.82, 2.24) is 24.3 Å². The molecule has 4 saturated heterocycles. The smallest absolute Gasteiger partial charge is 0.444 e. The molecule has 1 aliphatic carbocycles. The van der Waals surface area contributed by atoms with Crippen LogP contribution in [0.25, 0.3) is 5.57 Å². The van der Waals surface area contributed by atoms with Crippen LogP contribution in [0.3, 0.4) is 0 Å². The summed E-state index contributed by atoms with van der Waals surface area (Å²) >= 11 is 7.83. The molecule has 85 heavy (non-hydrogen) atoms. The van der Waals surface area contributed by atoms with Gasteiger partial charge in [0.05, 0.1) is 17.2 Å². The Morgan fingerprint density at radius 1 is 0.788 bits per heavy atom. The predicted molar refractivity (Wildman–Crippen MR) is 331 cm³/mol. The molecule has 22 heteroatoms. The van der Waals surface area contributed by atoms with Gasteiger partial charge in [0.25, 0.3) is 25.8 Å². The number of nitrogens with one attached hydrogen (secondary N) is 2. The van der Waals surface area contributed by atoms with Crippen molar-refractivity contribution in [1.29, 1.82) is 0 Å². The highest BCUT2D eigenvalue weighted by Crippen LogP contribution is 2.45. The van der Waals surface area contributed by atoms with Gasteiger partial charge in [-0.05, 0) is 187 Å². The number of anilines is 2. The second-order valence-electron chi connectivity index (χ2n) is 24.9. The van der Waals surface area contributed by atoms with Gasteiger partial charge in [0.2, 0.25) is 0 Å². The highest BCUT2D eigenvalue weighted by atomic mass is 35.5. The van der Waals surface area contributed by atoms with Crippen molar-refractivity contribution < 1.29 is 49.1 Å². The number of piperazine rings is 1. The second kappa shape index (κ2) is 28.1. The van der Waals surface area contributed by atoms with E-state index in [0.29, 0.717) is 74.5 Å². The summed E-state index contributed by atoms with van der Waals surface area (Å²) in [7, 11) is -11.0. The number of allylic oxidation sites excluding steroid dienone is 1. The molecule has 0 bridgehead atoms. The molecule has 4 fully saturated rings. The lowest BCUT2D eigenvalue weighted by Crippen LogP contribution is -2.48. The number of likely N-dealkylation sites (tertiary alicyclic amines) is 2. The molecule has 2 amide bonds. The Morgan fingerprint density at radius 3 is 2.12 bits per heavy atom. The molecule has 2 N–H and O–H groups in total. The normalized spacial score (nSPS) is 21.1. The van der Waals surface area contributed by atoms with Gasteiger partial charge in [-0.15, -0.1) is 11.8 Å². The molecule has 5 aliphatic rings. The molecule has 15 nitrogen and oxygen atoms in total. The van der Waals surface area contributed by atoms with Gasteiger partial charge in [-0.3, -0.25) is 9.69 Å². The third-order valence-electron chi connectivity index (χ3n) is 17.4. The Bertz CT molecular complexity index is 3160. The van der Waals surface area contributed by atoms with E-state index in [4.69, 9.17) is 21.1 Å². The van der Waals surface area contributed by atoms with Gasteiger partial charge in [-0.25, -0.2) is 26.4 Å². The van der Waals surface area contributed by atoms with Crippen LogP contribution in [0.4, 0.5) is 29.3 Å². The number of halogens is 4. The SMILES string of the molecule is CC(C)(C)OC(=O)N1CCC(C2CCN(C[C@]3(C)CCC(c4ccc(Cl)cc4)=C(CN4CCN(c5ccc(C(=O)NS(=O)(=O)c6ccc(N[C@H](CCN7CCCOCC7)CSc7ccccc7)c(S(=O)(=O)C(F)(F)F)c6)cc5)CC4)C3)CC2)CC1. The molecule has 0 aromatic heterocycles. The summed E-state index contributed by atoms with van der Waals surface area (Å²) in [5.74, 6) is 0.648. The number of nitrogens with zero attached hydrogens (tertiary/aromatic N) is 5. The number of hydrogen-bond acceptors (Lipinski definition) is 14. The highest BCUT2D eigenvalue weighted by molar-refractivity contribution is 7.99. The number of sulfone groups is 1. The van der Waals surface area contributed by atoms with Gasteiger partial charge < -0.3 is 34.4 Å². The van der Waals surface area contributed by atoms with E-state index in [1.54, 1.807) is 12.1 Å². The van der Waals surface area contributed by atoms with Crippen LogP contribution in [0.15, 0.2) is 117 Å². The Morgan fingerprint density at radius 2 is 1.46 bits per heavy atom. The largest absolute Gasteiger partial charge is 0.501 e. The van der Waals surface area contributed by atoms with Crippen LogP contribution < -0.4 is 14.9 Å². The number of amides is 2. The van der Waals surface area contributed by atoms with Gasteiger partial charge in [0.1, 0.15) is 10.5 Å². The molecule has 0 spiro atoms. The first kappa shape index (κ1) is 64.6. The van der Waals surface area contributed by atoms with E-state index in [9.17, 15) is 39.6 Å². The van der Waals surface area contributed by atoms with E-state index >= 15 is 0 Å². The highest BCUT2D eigenvalue weighted by Gasteiger charge is 2.49. The summed E-state index contributed by atoms with van der Waals surface area (Å²) in [6.07, 6.45) is 8.55. The van der Waals surface area contributed by atoms with Gasteiger partial charge >= 0.3 is 11.6 Å². The number of rotatable bonds is 19. The Hall–Kier alpha value is -4.87. The summed E-state index contributed by atoms with van der Waals surface area (Å²) < 4.78 is 110. The van der Waals surface area contributed by atoms with Crippen LogP contribution in [0.5, 0.6) is 0 Å². The quantitative estimate of drug-likeness (QED) is 0.0853. The Balaban J connectivity index is 0.806. The summed E-state index contributed by atoms with van der Waals surface area (Å²) in [6.45, 7) is 20.0. The van der Waals surface area contributed by atoms with Gasteiger partial charge in [-0.1, -0.05) is 54.4 Å². The molecule has 464 valence electrons.